The number of nitrogens with one attached hydrogen (secondary N) is 2. The number of anilines is 1. The Balaban J connectivity index is 1.79. The van der Waals surface area contributed by atoms with Gasteiger partial charge in [-0.25, -0.2) is 13.8 Å². The molecule has 12 heteroatoms. The zero-order chi connectivity index (χ0) is 24.1. The number of pyridine rings is 1. The van der Waals surface area contributed by atoms with Crippen molar-refractivity contribution in [1.29, 1.82) is 0 Å². The Hall–Kier alpha value is -3.24. The molecule has 0 fully saturated rings. The second kappa shape index (κ2) is 8.27. The van der Waals surface area contributed by atoms with E-state index in [2.05, 4.69) is 15.6 Å². The van der Waals surface area contributed by atoms with E-state index in [0.29, 0.717) is 12.1 Å². The number of nitrogens with zero attached hydrogens (tertiary/aromatic N) is 1. The fourth-order valence-electron chi connectivity index (χ4n) is 3.41. The monoisotopic (exact) mass is 501 g/mol. The van der Waals surface area contributed by atoms with Crippen molar-refractivity contribution in [2.75, 3.05) is 5.32 Å². The highest BCUT2D eigenvalue weighted by Gasteiger charge is 2.36. The Labute approximate surface area is 192 Å². The first kappa shape index (κ1) is 22.9. The lowest BCUT2D eigenvalue weighted by atomic mass is 9.98. The van der Waals surface area contributed by atoms with Crippen molar-refractivity contribution in [3.63, 3.8) is 0 Å². The first-order valence-electron chi connectivity index (χ1n) is 9.09. The van der Waals surface area contributed by atoms with Crippen molar-refractivity contribution < 1.29 is 31.5 Å². The molecule has 0 unspecified atom stereocenters. The van der Waals surface area contributed by atoms with E-state index in [4.69, 9.17) is 23.2 Å². The van der Waals surface area contributed by atoms with Gasteiger partial charge >= 0.3 is 6.18 Å². The highest BCUT2D eigenvalue weighted by atomic mass is 35.5. The lowest BCUT2D eigenvalue weighted by Gasteiger charge is -2.18. The molecule has 170 valence electrons. The van der Waals surface area contributed by atoms with E-state index in [1.165, 1.54) is 6.07 Å². The summed E-state index contributed by atoms with van der Waals surface area (Å²) in [6.07, 6.45) is -4.88. The minimum atomic E-state index is -4.88. The van der Waals surface area contributed by atoms with Crippen LogP contribution in [0.2, 0.25) is 10.2 Å². The standard InChI is InChI=1S/C21H10Cl2F5N3O2/c22-13-2-1-10(24)6-12(13)17-16-14(7-15(23)30-18(16)20(33)31-17)29-19(32)8-3-9(21(26,27)28)5-11(25)4-8/h1-7,17H,(H,31,33)(H,29,30,32)/t17-/m0/s1. The van der Waals surface area contributed by atoms with Gasteiger partial charge in [-0.05, 0) is 42.5 Å². The molecule has 33 heavy (non-hydrogen) atoms. The lowest BCUT2D eigenvalue weighted by Crippen LogP contribution is -2.21. The average molecular weight is 502 g/mol. The molecule has 3 aromatic rings. The Morgan fingerprint density at radius 3 is 2.45 bits per heavy atom. The smallest absolute Gasteiger partial charge is 0.340 e. The van der Waals surface area contributed by atoms with Crippen LogP contribution >= 0.6 is 23.2 Å². The van der Waals surface area contributed by atoms with E-state index < -0.39 is 46.8 Å². The van der Waals surface area contributed by atoms with Crippen molar-refractivity contribution >= 4 is 40.7 Å². The lowest BCUT2D eigenvalue weighted by molar-refractivity contribution is -0.137. The SMILES string of the molecule is O=C(Nc1cc(Cl)nc2c1[C@H](c1cc(F)ccc1Cl)NC2=O)c1cc(F)cc(C(F)(F)F)c1. The summed E-state index contributed by atoms with van der Waals surface area (Å²) in [5.41, 5.74) is -2.06. The Bertz CT molecular complexity index is 1310. The van der Waals surface area contributed by atoms with Gasteiger partial charge in [-0.1, -0.05) is 23.2 Å². The van der Waals surface area contributed by atoms with E-state index >= 15 is 0 Å². The van der Waals surface area contributed by atoms with Gasteiger partial charge in [0.25, 0.3) is 11.8 Å². The molecule has 2 N–H and O–H groups in total. The van der Waals surface area contributed by atoms with Gasteiger partial charge in [-0.2, -0.15) is 13.2 Å². The molecule has 1 aliphatic rings. The minimum Gasteiger partial charge on any atom is -0.340 e. The molecular weight excluding hydrogens is 492 g/mol. The maximum atomic E-state index is 13.8. The first-order valence-corrected chi connectivity index (χ1v) is 9.85. The first-order chi connectivity index (χ1) is 15.4. The van der Waals surface area contributed by atoms with Crippen LogP contribution < -0.4 is 10.6 Å². The third kappa shape index (κ3) is 4.49. The number of rotatable bonds is 3. The van der Waals surface area contributed by atoms with Gasteiger partial charge in [-0.15, -0.1) is 0 Å². The summed E-state index contributed by atoms with van der Waals surface area (Å²) in [4.78, 5) is 29.1. The molecule has 2 heterocycles. The van der Waals surface area contributed by atoms with E-state index in [0.717, 1.165) is 18.2 Å². The van der Waals surface area contributed by atoms with Crippen molar-refractivity contribution in [2.45, 2.75) is 12.2 Å². The number of aromatic nitrogens is 1. The molecule has 1 aliphatic heterocycles. The summed E-state index contributed by atoms with van der Waals surface area (Å²) in [5.74, 6) is -3.72. The highest BCUT2D eigenvalue weighted by Crippen LogP contribution is 2.40. The number of carbonyl (C=O) groups is 2. The molecule has 0 saturated carbocycles. The second-order valence-corrected chi connectivity index (χ2v) is 7.80. The molecule has 2 amide bonds. The van der Waals surface area contributed by atoms with Gasteiger partial charge in [0.2, 0.25) is 0 Å². The molecule has 1 aromatic heterocycles. The van der Waals surface area contributed by atoms with Crippen LogP contribution in [0.15, 0.2) is 42.5 Å². The summed E-state index contributed by atoms with van der Waals surface area (Å²) in [6, 6.07) is 4.91. The largest absolute Gasteiger partial charge is 0.416 e. The van der Waals surface area contributed by atoms with Crippen LogP contribution in [-0.2, 0) is 6.18 Å². The van der Waals surface area contributed by atoms with E-state index in [9.17, 15) is 31.5 Å². The van der Waals surface area contributed by atoms with Crippen LogP contribution in [0.4, 0.5) is 27.6 Å². The summed E-state index contributed by atoms with van der Waals surface area (Å²) in [6.45, 7) is 0. The Morgan fingerprint density at radius 2 is 1.76 bits per heavy atom. The highest BCUT2D eigenvalue weighted by molar-refractivity contribution is 6.31. The Morgan fingerprint density at radius 1 is 1.03 bits per heavy atom. The number of hydrogen-bond acceptors (Lipinski definition) is 3. The van der Waals surface area contributed by atoms with Gasteiger partial charge in [0.15, 0.2) is 0 Å². The van der Waals surface area contributed by atoms with Crippen molar-refractivity contribution in [3.8, 4) is 0 Å². The topological polar surface area (TPSA) is 71.1 Å². The average Bonchev–Trinajstić information content (AvgIpc) is 3.05. The fourth-order valence-corrected chi connectivity index (χ4v) is 3.83. The van der Waals surface area contributed by atoms with Crippen LogP contribution in [-0.4, -0.2) is 16.8 Å². The maximum Gasteiger partial charge on any atom is 0.416 e. The predicted octanol–water partition coefficient (Wildman–Crippen LogP) is 5.77. The van der Waals surface area contributed by atoms with Crippen molar-refractivity contribution in [2.24, 2.45) is 0 Å². The summed E-state index contributed by atoms with van der Waals surface area (Å²) >= 11 is 12.1. The molecule has 0 spiro atoms. The van der Waals surface area contributed by atoms with Crippen molar-refractivity contribution in [1.82, 2.24) is 10.3 Å². The van der Waals surface area contributed by atoms with Gasteiger partial charge in [-0.3, -0.25) is 9.59 Å². The summed E-state index contributed by atoms with van der Waals surface area (Å²) < 4.78 is 66.6. The molecule has 0 aliphatic carbocycles. The fraction of sp³-hybridized carbons (Fsp3) is 0.0952. The van der Waals surface area contributed by atoms with E-state index in [1.807, 2.05) is 0 Å². The quantitative estimate of drug-likeness (QED) is 0.353. The van der Waals surface area contributed by atoms with Crippen LogP contribution in [0.5, 0.6) is 0 Å². The molecule has 1 atom stereocenters. The van der Waals surface area contributed by atoms with E-state index in [-0.39, 0.29) is 38.8 Å². The maximum absolute atomic E-state index is 13.8. The normalized spacial score (nSPS) is 15.2. The summed E-state index contributed by atoms with van der Waals surface area (Å²) in [5, 5.41) is 4.78. The Kier molecular flexibility index (Phi) is 5.75. The molecule has 0 saturated heterocycles. The van der Waals surface area contributed by atoms with Crippen molar-refractivity contribution in [3.05, 3.63) is 92.2 Å². The zero-order valence-corrected chi connectivity index (χ0v) is 17.5. The molecule has 0 radical (unpaired) electrons. The number of benzene rings is 2. The second-order valence-electron chi connectivity index (χ2n) is 7.01. The molecule has 5 nitrogen and oxygen atoms in total. The molecule has 0 bridgehead atoms. The van der Waals surface area contributed by atoms with Gasteiger partial charge < -0.3 is 10.6 Å². The van der Waals surface area contributed by atoms with E-state index in [1.54, 1.807) is 0 Å². The third-order valence-corrected chi connectivity index (χ3v) is 5.35. The van der Waals surface area contributed by atoms with Gasteiger partial charge in [0.05, 0.1) is 17.3 Å². The number of amides is 2. The minimum absolute atomic E-state index is 0.0673. The molecule has 2 aromatic carbocycles. The van der Waals surface area contributed by atoms with Gasteiger partial charge in [0.1, 0.15) is 22.5 Å². The molecular formula is C21H10Cl2F5N3O2. The zero-order valence-electron chi connectivity index (χ0n) is 16.0. The van der Waals surface area contributed by atoms with Crippen LogP contribution in [0, 0.1) is 11.6 Å². The number of fused-ring (bicyclic) bond motifs is 1. The van der Waals surface area contributed by atoms with Crippen LogP contribution in [0.25, 0.3) is 0 Å². The van der Waals surface area contributed by atoms with Gasteiger partial charge in [0, 0.05) is 21.7 Å². The van der Waals surface area contributed by atoms with Crippen LogP contribution in [0.3, 0.4) is 0 Å². The predicted molar refractivity (Wildman–Crippen MR) is 109 cm³/mol. The molecule has 4 rings (SSSR count). The number of halogens is 7. The number of hydrogen-bond donors (Lipinski definition) is 2. The number of alkyl halides is 3. The van der Waals surface area contributed by atoms with Crippen LogP contribution in [0.1, 0.15) is 43.6 Å². The third-order valence-electron chi connectivity index (χ3n) is 4.81. The summed E-state index contributed by atoms with van der Waals surface area (Å²) in [7, 11) is 0. The number of carbonyl (C=O) groups excluding carboxylic acids is 2.